The maximum Gasteiger partial charge on any atom is 0.177 e. The monoisotopic (exact) mass is 585 g/mol. The highest BCUT2D eigenvalue weighted by Gasteiger charge is 2.54. The van der Waals surface area contributed by atoms with Gasteiger partial charge in [0.25, 0.3) is 0 Å². The highest BCUT2D eigenvalue weighted by molar-refractivity contribution is 7.95. The van der Waals surface area contributed by atoms with Crippen molar-refractivity contribution in [2.24, 2.45) is 16.2 Å². The standard InChI is InChI=1S/C36H56FNO2S/c1-12-34(8,9)35(10,11)25-30-20-18-29(19-21-30)23-24-38-28(4)36(37,33(5,6)7)27(3)32(38)22-17-26(2)41(39,40)31-15-13-14-16-31/h15,18-21,26H,4,12-14,16-17,22-25H2,1-3,5-11H3. The van der Waals surface area contributed by atoms with Gasteiger partial charge in [0.2, 0.25) is 0 Å². The predicted octanol–water partition coefficient (Wildman–Crippen LogP) is 9.74. The Balaban J connectivity index is 1.78. The minimum atomic E-state index is -3.32. The van der Waals surface area contributed by atoms with Gasteiger partial charge in [0.1, 0.15) is 0 Å². The summed E-state index contributed by atoms with van der Waals surface area (Å²) in [5, 5.41) is -0.499. The second kappa shape index (κ2) is 12.0. The van der Waals surface area contributed by atoms with E-state index >= 15 is 4.39 Å². The molecule has 1 aliphatic heterocycles. The van der Waals surface area contributed by atoms with Crippen molar-refractivity contribution in [2.45, 2.75) is 132 Å². The molecule has 3 nitrogen and oxygen atoms in total. The van der Waals surface area contributed by atoms with E-state index in [0.29, 0.717) is 42.0 Å². The average Bonchev–Trinajstić information content (AvgIpc) is 3.50. The molecule has 3 rings (SSSR count). The number of alkyl halides is 1. The molecule has 0 radical (unpaired) electrons. The molecular weight excluding hydrogens is 529 g/mol. The van der Waals surface area contributed by atoms with Gasteiger partial charge in [0.05, 0.1) is 10.9 Å². The smallest absolute Gasteiger partial charge is 0.177 e. The van der Waals surface area contributed by atoms with Crippen LogP contribution < -0.4 is 0 Å². The molecular formula is C36H56FNO2S. The van der Waals surface area contributed by atoms with Crippen LogP contribution in [-0.2, 0) is 22.7 Å². The van der Waals surface area contributed by atoms with E-state index in [4.69, 9.17) is 0 Å². The van der Waals surface area contributed by atoms with Gasteiger partial charge in [-0.25, -0.2) is 12.8 Å². The summed E-state index contributed by atoms with van der Waals surface area (Å²) in [6.07, 6.45) is 8.18. The van der Waals surface area contributed by atoms with E-state index in [-0.39, 0.29) is 10.8 Å². The fraction of sp³-hybridized carbons (Fsp3) is 0.667. The van der Waals surface area contributed by atoms with Crippen LogP contribution in [0, 0.1) is 16.2 Å². The molecule has 0 saturated carbocycles. The lowest BCUT2D eigenvalue weighted by Crippen LogP contribution is -2.41. The summed E-state index contributed by atoms with van der Waals surface area (Å²) in [7, 11) is -3.32. The van der Waals surface area contributed by atoms with Gasteiger partial charge in [-0.15, -0.1) is 0 Å². The molecule has 1 heterocycles. The van der Waals surface area contributed by atoms with E-state index in [0.717, 1.165) is 37.8 Å². The third-order valence-electron chi connectivity index (χ3n) is 10.7. The highest BCUT2D eigenvalue weighted by Crippen LogP contribution is 2.53. The highest BCUT2D eigenvalue weighted by atomic mass is 32.2. The Bertz CT molecular complexity index is 1280. The first-order valence-corrected chi connectivity index (χ1v) is 17.2. The second-order valence-corrected chi connectivity index (χ2v) is 17.3. The van der Waals surface area contributed by atoms with Crippen LogP contribution in [0.15, 0.2) is 58.8 Å². The van der Waals surface area contributed by atoms with Crippen LogP contribution in [0.1, 0.15) is 119 Å². The number of sulfone groups is 1. The van der Waals surface area contributed by atoms with E-state index in [1.807, 2.05) is 33.8 Å². The van der Waals surface area contributed by atoms with Crippen molar-refractivity contribution in [3.05, 3.63) is 69.9 Å². The van der Waals surface area contributed by atoms with Crippen LogP contribution in [0.2, 0.25) is 0 Å². The maximum atomic E-state index is 16.8. The van der Waals surface area contributed by atoms with Gasteiger partial charge in [-0.3, -0.25) is 0 Å². The van der Waals surface area contributed by atoms with Gasteiger partial charge in [-0.1, -0.05) is 98.7 Å². The van der Waals surface area contributed by atoms with Crippen LogP contribution in [0.4, 0.5) is 4.39 Å². The Morgan fingerprint density at radius 2 is 1.59 bits per heavy atom. The molecule has 1 aromatic rings. The van der Waals surface area contributed by atoms with E-state index < -0.39 is 26.2 Å². The van der Waals surface area contributed by atoms with Gasteiger partial charge < -0.3 is 4.90 Å². The van der Waals surface area contributed by atoms with E-state index in [1.54, 1.807) is 6.92 Å². The number of benzene rings is 1. The number of nitrogens with zero attached hydrogens (tertiary/aromatic N) is 1. The summed E-state index contributed by atoms with van der Waals surface area (Å²) in [5.74, 6) is 0. The molecule has 41 heavy (non-hydrogen) atoms. The maximum absolute atomic E-state index is 16.8. The lowest BCUT2D eigenvalue weighted by molar-refractivity contribution is 0.0949. The molecule has 0 bridgehead atoms. The summed E-state index contributed by atoms with van der Waals surface area (Å²) in [6, 6.07) is 8.89. The molecule has 0 spiro atoms. The number of hydrogen-bond donors (Lipinski definition) is 0. The van der Waals surface area contributed by atoms with Crippen molar-refractivity contribution in [1.82, 2.24) is 4.90 Å². The summed E-state index contributed by atoms with van der Waals surface area (Å²) < 4.78 is 43.2. The molecule has 5 heteroatoms. The minimum Gasteiger partial charge on any atom is -0.346 e. The van der Waals surface area contributed by atoms with E-state index in [1.165, 1.54) is 11.1 Å². The summed E-state index contributed by atoms with van der Waals surface area (Å²) in [6.45, 7) is 26.0. The Hall–Kier alpha value is -1.88. The molecule has 2 aliphatic rings. The van der Waals surface area contributed by atoms with Gasteiger partial charge in [0, 0.05) is 22.6 Å². The van der Waals surface area contributed by atoms with Crippen LogP contribution >= 0.6 is 0 Å². The number of allylic oxidation sites excluding steroid dienone is 4. The molecule has 0 aromatic heterocycles. The van der Waals surface area contributed by atoms with Gasteiger partial charge >= 0.3 is 0 Å². The lowest BCUT2D eigenvalue weighted by atomic mass is 9.64. The second-order valence-electron chi connectivity index (χ2n) is 14.9. The number of hydrogen-bond acceptors (Lipinski definition) is 3. The van der Waals surface area contributed by atoms with Crippen molar-refractivity contribution in [2.75, 3.05) is 6.54 Å². The van der Waals surface area contributed by atoms with Crippen LogP contribution in [0.5, 0.6) is 0 Å². The number of halogens is 1. The number of rotatable bonds is 12. The van der Waals surface area contributed by atoms with Crippen molar-refractivity contribution >= 4 is 9.84 Å². The summed E-state index contributed by atoms with van der Waals surface area (Å²) in [4.78, 5) is 2.64. The molecule has 1 aliphatic carbocycles. The van der Waals surface area contributed by atoms with Crippen LogP contribution in [0.25, 0.3) is 0 Å². The van der Waals surface area contributed by atoms with Crippen LogP contribution in [0.3, 0.4) is 0 Å². The zero-order valence-electron chi connectivity index (χ0n) is 27.6. The van der Waals surface area contributed by atoms with Crippen LogP contribution in [-0.4, -0.2) is 30.8 Å². The Morgan fingerprint density at radius 3 is 2.10 bits per heavy atom. The molecule has 0 fully saturated rings. The molecule has 2 unspecified atom stereocenters. The largest absolute Gasteiger partial charge is 0.346 e. The van der Waals surface area contributed by atoms with Crippen molar-refractivity contribution in [1.29, 1.82) is 0 Å². The predicted molar refractivity (Wildman–Crippen MR) is 173 cm³/mol. The first kappa shape index (κ1) is 33.6. The first-order chi connectivity index (χ1) is 18.8. The zero-order chi connectivity index (χ0) is 31.0. The summed E-state index contributed by atoms with van der Waals surface area (Å²) in [5.41, 5.74) is 2.70. The Kier molecular flexibility index (Phi) is 9.85. The Morgan fingerprint density at radius 1 is 1.00 bits per heavy atom. The van der Waals surface area contributed by atoms with Gasteiger partial charge in [-0.2, -0.15) is 0 Å². The minimum absolute atomic E-state index is 0.185. The fourth-order valence-corrected chi connectivity index (χ4v) is 8.22. The third kappa shape index (κ3) is 6.55. The van der Waals surface area contributed by atoms with E-state index in [9.17, 15) is 8.42 Å². The molecule has 230 valence electrons. The quantitative estimate of drug-likeness (QED) is 0.245. The fourth-order valence-electron chi connectivity index (χ4n) is 6.50. The van der Waals surface area contributed by atoms with Gasteiger partial charge in [0.15, 0.2) is 15.5 Å². The molecule has 1 aromatic carbocycles. The zero-order valence-corrected chi connectivity index (χ0v) is 28.4. The van der Waals surface area contributed by atoms with Gasteiger partial charge in [-0.05, 0) is 86.3 Å². The van der Waals surface area contributed by atoms with Crippen molar-refractivity contribution < 1.29 is 12.8 Å². The van der Waals surface area contributed by atoms with Crippen molar-refractivity contribution in [3.8, 4) is 0 Å². The third-order valence-corrected chi connectivity index (χ3v) is 13.1. The average molecular weight is 586 g/mol. The topological polar surface area (TPSA) is 37.4 Å². The van der Waals surface area contributed by atoms with Crippen molar-refractivity contribution in [3.63, 3.8) is 0 Å². The first-order valence-electron chi connectivity index (χ1n) is 15.7. The molecule has 0 N–H and O–H groups in total. The van der Waals surface area contributed by atoms with E-state index in [2.05, 4.69) is 70.4 Å². The SMILES string of the molecule is C=C1N(CCc2ccc(CC(C)(C)C(C)(C)CC)cc2)C(CCC(C)S(=O)(=O)C2=CCCC2)=C(C)C1(F)C(C)(C)C. The lowest BCUT2D eigenvalue weighted by Gasteiger charge is -2.41. The molecule has 0 saturated heterocycles. The Labute approximate surface area is 251 Å². The normalized spacial score (nSPS) is 21.6. The molecule has 2 atom stereocenters. The molecule has 0 amide bonds. The summed E-state index contributed by atoms with van der Waals surface area (Å²) >= 11 is 0.